The van der Waals surface area contributed by atoms with Crippen LogP contribution in [0.25, 0.3) is 0 Å². The van der Waals surface area contributed by atoms with Crippen molar-refractivity contribution in [3.05, 3.63) is 24.2 Å². The first kappa shape index (κ1) is 12.2. The van der Waals surface area contributed by atoms with Crippen molar-refractivity contribution in [2.75, 3.05) is 19.7 Å². The number of aliphatic carboxylic acids is 1. The molecule has 0 aromatic carbocycles. The summed E-state index contributed by atoms with van der Waals surface area (Å²) in [6, 6.07) is 3.56. The molecule has 3 rings (SSSR count). The first-order valence-corrected chi connectivity index (χ1v) is 6.31. The predicted molar refractivity (Wildman–Crippen MR) is 63.3 cm³/mol. The Kier molecular flexibility index (Phi) is 2.82. The molecular formula is C13H15NO5. The van der Waals surface area contributed by atoms with E-state index in [4.69, 9.17) is 14.3 Å². The van der Waals surface area contributed by atoms with Crippen molar-refractivity contribution < 1.29 is 23.8 Å². The summed E-state index contributed by atoms with van der Waals surface area (Å²) in [6.07, 6.45) is 2.12. The largest absolute Gasteiger partial charge is 0.480 e. The van der Waals surface area contributed by atoms with Gasteiger partial charge in [0.2, 0.25) is 5.91 Å². The zero-order valence-corrected chi connectivity index (χ0v) is 10.4. The van der Waals surface area contributed by atoms with Crippen LogP contribution in [-0.4, -0.2) is 41.6 Å². The van der Waals surface area contributed by atoms with Gasteiger partial charge in [-0.1, -0.05) is 0 Å². The number of carbonyl (C=O) groups is 2. The van der Waals surface area contributed by atoms with Gasteiger partial charge >= 0.3 is 5.97 Å². The maximum Gasteiger partial charge on any atom is 0.319 e. The fourth-order valence-corrected chi connectivity index (χ4v) is 2.43. The first-order chi connectivity index (χ1) is 9.13. The van der Waals surface area contributed by atoms with E-state index in [1.165, 1.54) is 0 Å². The van der Waals surface area contributed by atoms with E-state index in [-0.39, 0.29) is 12.0 Å². The highest BCUT2D eigenvalue weighted by Crippen LogP contribution is 2.48. The molecule has 6 nitrogen and oxygen atoms in total. The molecule has 2 aliphatic rings. The third-order valence-corrected chi connectivity index (χ3v) is 3.78. The molecular weight excluding hydrogens is 250 g/mol. The zero-order valence-electron chi connectivity index (χ0n) is 10.4. The zero-order chi connectivity index (χ0) is 13.5. The van der Waals surface area contributed by atoms with Crippen LogP contribution in [-0.2, 0) is 14.3 Å². The minimum absolute atomic E-state index is 0.292. The predicted octanol–water partition coefficient (Wildman–Crippen LogP) is 1.04. The molecule has 1 aliphatic heterocycles. The highest BCUT2D eigenvalue weighted by Gasteiger charge is 2.58. The Balaban J connectivity index is 1.72. The number of amides is 1. The van der Waals surface area contributed by atoms with Gasteiger partial charge in [0, 0.05) is 6.54 Å². The van der Waals surface area contributed by atoms with E-state index in [1.54, 1.807) is 23.3 Å². The maximum absolute atomic E-state index is 12.3. The van der Waals surface area contributed by atoms with Gasteiger partial charge in [-0.2, -0.15) is 0 Å². The summed E-state index contributed by atoms with van der Waals surface area (Å²) in [7, 11) is 0. The second-order valence-electron chi connectivity index (χ2n) is 5.01. The molecule has 6 heteroatoms. The Hall–Kier alpha value is -1.82. The topological polar surface area (TPSA) is 80.0 Å². The molecule has 1 atom stereocenters. The summed E-state index contributed by atoms with van der Waals surface area (Å²) in [5.41, 5.74) is -1.18. The molecule has 0 radical (unpaired) electrons. The number of rotatable bonds is 3. The molecule has 1 unspecified atom stereocenters. The van der Waals surface area contributed by atoms with Gasteiger partial charge in [0.15, 0.2) is 0 Å². The Morgan fingerprint density at radius 3 is 2.79 bits per heavy atom. The fourth-order valence-electron chi connectivity index (χ4n) is 2.43. The van der Waals surface area contributed by atoms with E-state index < -0.39 is 11.4 Å². The highest BCUT2D eigenvalue weighted by molar-refractivity contribution is 6.04. The van der Waals surface area contributed by atoms with Crippen molar-refractivity contribution >= 4 is 11.9 Å². The number of furan rings is 1. The van der Waals surface area contributed by atoms with Gasteiger partial charge in [-0.25, -0.2) is 0 Å². The molecule has 1 N–H and O–H groups in total. The number of hydrogen-bond acceptors (Lipinski definition) is 4. The monoisotopic (exact) mass is 265 g/mol. The lowest BCUT2D eigenvalue weighted by atomic mass is 10.0. The van der Waals surface area contributed by atoms with Crippen molar-refractivity contribution in [2.24, 2.45) is 5.41 Å². The average Bonchev–Trinajstić information content (AvgIpc) is 3.06. The van der Waals surface area contributed by atoms with E-state index in [0.29, 0.717) is 38.3 Å². The van der Waals surface area contributed by atoms with Crippen LogP contribution in [0.15, 0.2) is 22.8 Å². The van der Waals surface area contributed by atoms with Crippen LogP contribution < -0.4 is 0 Å². The number of ether oxygens (including phenoxy) is 1. The molecule has 2 fully saturated rings. The lowest BCUT2D eigenvalue weighted by molar-refractivity contribution is -0.157. The summed E-state index contributed by atoms with van der Waals surface area (Å²) in [6.45, 7) is 1.18. The third kappa shape index (κ3) is 2.02. The first-order valence-electron chi connectivity index (χ1n) is 6.31. The fraction of sp³-hybridized carbons (Fsp3) is 0.538. The molecule has 2 heterocycles. The van der Waals surface area contributed by atoms with E-state index >= 15 is 0 Å². The standard InChI is InChI=1S/C13H15NO5/c15-11(13(3-4-13)12(16)17)14-5-7-19-10(8-14)9-2-1-6-18-9/h1-2,6,10H,3-5,7-8H2,(H,16,17). The molecule has 102 valence electrons. The SMILES string of the molecule is O=C(O)C1(C(=O)N2CCOC(c3ccco3)C2)CC1. The summed E-state index contributed by atoms with van der Waals surface area (Å²) in [4.78, 5) is 25.1. The summed E-state index contributed by atoms with van der Waals surface area (Å²) in [5, 5.41) is 9.16. The Morgan fingerprint density at radius 1 is 1.42 bits per heavy atom. The van der Waals surface area contributed by atoms with E-state index in [2.05, 4.69) is 0 Å². The number of carbonyl (C=O) groups excluding carboxylic acids is 1. The van der Waals surface area contributed by atoms with Gasteiger partial charge < -0.3 is 19.2 Å². The lowest BCUT2D eigenvalue weighted by Crippen LogP contribution is -2.47. The van der Waals surface area contributed by atoms with Crippen LogP contribution in [0.3, 0.4) is 0 Å². The number of morpholine rings is 1. The van der Waals surface area contributed by atoms with Crippen molar-refractivity contribution in [3.8, 4) is 0 Å². The number of hydrogen-bond donors (Lipinski definition) is 1. The van der Waals surface area contributed by atoms with Crippen LogP contribution in [0.5, 0.6) is 0 Å². The van der Waals surface area contributed by atoms with Crippen molar-refractivity contribution in [1.29, 1.82) is 0 Å². The van der Waals surface area contributed by atoms with E-state index in [1.807, 2.05) is 0 Å². The van der Waals surface area contributed by atoms with Crippen LogP contribution in [0.2, 0.25) is 0 Å². The minimum Gasteiger partial charge on any atom is -0.480 e. The van der Waals surface area contributed by atoms with Crippen LogP contribution in [0, 0.1) is 5.41 Å². The molecule has 1 saturated carbocycles. The summed E-state index contributed by atoms with van der Waals surface area (Å²) in [5.74, 6) is -0.643. The normalized spacial score (nSPS) is 25.1. The quantitative estimate of drug-likeness (QED) is 0.826. The number of nitrogens with zero attached hydrogens (tertiary/aromatic N) is 1. The van der Waals surface area contributed by atoms with Crippen molar-refractivity contribution in [1.82, 2.24) is 4.90 Å². The van der Waals surface area contributed by atoms with Gasteiger partial charge in [-0.15, -0.1) is 0 Å². The van der Waals surface area contributed by atoms with Crippen LogP contribution in [0.1, 0.15) is 24.7 Å². The lowest BCUT2D eigenvalue weighted by Gasteiger charge is -2.33. The van der Waals surface area contributed by atoms with Crippen LogP contribution >= 0.6 is 0 Å². The second-order valence-corrected chi connectivity index (χ2v) is 5.01. The molecule has 0 spiro atoms. The molecule has 1 aromatic rings. The number of carboxylic acid groups (broad SMARTS) is 1. The van der Waals surface area contributed by atoms with E-state index in [9.17, 15) is 9.59 Å². The van der Waals surface area contributed by atoms with Gasteiger partial charge in [0.05, 0.1) is 19.4 Å². The molecule has 1 aromatic heterocycles. The molecule has 1 amide bonds. The Morgan fingerprint density at radius 2 is 2.21 bits per heavy atom. The smallest absolute Gasteiger partial charge is 0.319 e. The van der Waals surface area contributed by atoms with E-state index in [0.717, 1.165) is 0 Å². The third-order valence-electron chi connectivity index (χ3n) is 3.78. The Labute approximate surface area is 109 Å². The molecule has 1 aliphatic carbocycles. The van der Waals surface area contributed by atoms with Crippen molar-refractivity contribution in [2.45, 2.75) is 18.9 Å². The molecule has 19 heavy (non-hydrogen) atoms. The average molecular weight is 265 g/mol. The van der Waals surface area contributed by atoms with Crippen LogP contribution in [0.4, 0.5) is 0 Å². The van der Waals surface area contributed by atoms with Gasteiger partial charge in [-0.3, -0.25) is 9.59 Å². The summed E-state index contributed by atoms with van der Waals surface area (Å²) >= 11 is 0. The van der Waals surface area contributed by atoms with Gasteiger partial charge in [0.1, 0.15) is 17.3 Å². The van der Waals surface area contributed by atoms with Crippen molar-refractivity contribution in [3.63, 3.8) is 0 Å². The van der Waals surface area contributed by atoms with Gasteiger partial charge in [0.25, 0.3) is 0 Å². The maximum atomic E-state index is 12.3. The minimum atomic E-state index is -1.18. The molecule has 1 saturated heterocycles. The highest BCUT2D eigenvalue weighted by atomic mass is 16.5. The van der Waals surface area contributed by atoms with Gasteiger partial charge in [-0.05, 0) is 25.0 Å². The Bertz CT molecular complexity index is 491. The summed E-state index contributed by atoms with van der Waals surface area (Å²) < 4.78 is 10.8. The second kappa shape index (κ2) is 4.38. The number of carboxylic acids is 1. The molecule has 0 bridgehead atoms.